The summed E-state index contributed by atoms with van der Waals surface area (Å²) in [5.74, 6) is -0.268. The van der Waals surface area contributed by atoms with Gasteiger partial charge in [0, 0.05) is 6.54 Å². The zero-order valence-electron chi connectivity index (χ0n) is 19.0. The highest BCUT2D eigenvalue weighted by atomic mass is 19.1. The van der Waals surface area contributed by atoms with Crippen LogP contribution in [0.2, 0.25) is 0 Å². The summed E-state index contributed by atoms with van der Waals surface area (Å²) in [6.45, 7) is 6.07. The summed E-state index contributed by atoms with van der Waals surface area (Å²) >= 11 is 0. The van der Waals surface area contributed by atoms with Crippen molar-refractivity contribution in [1.29, 1.82) is 0 Å². The lowest BCUT2D eigenvalue weighted by molar-refractivity contribution is -0.129. The van der Waals surface area contributed by atoms with Crippen molar-refractivity contribution in [3.63, 3.8) is 0 Å². The highest BCUT2D eigenvalue weighted by molar-refractivity contribution is 5.92. The Morgan fingerprint density at radius 2 is 1.84 bits per heavy atom. The van der Waals surface area contributed by atoms with E-state index in [1.807, 2.05) is 57.2 Å². The van der Waals surface area contributed by atoms with Crippen LogP contribution in [0, 0.1) is 5.82 Å². The molecule has 0 aliphatic carbocycles. The zero-order valence-corrected chi connectivity index (χ0v) is 19.0. The van der Waals surface area contributed by atoms with Crippen molar-refractivity contribution in [2.45, 2.75) is 70.1 Å². The van der Waals surface area contributed by atoms with Crippen LogP contribution in [-0.4, -0.2) is 34.6 Å². The third-order valence-corrected chi connectivity index (χ3v) is 6.45. The molecule has 2 fully saturated rings. The van der Waals surface area contributed by atoms with E-state index in [4.69, 9.17) is 4.74 Å². The Hall–Kier alpha value is -2.89. The summed E-state index contributed by atoms with van der Waals surface area (Å²) in [6, 6.07) is 14.7. The Bertz CT molecular complexity index is 999. The van der Waals surface area contributed by atoms with Crippen LogP contribution >= 0.6 is 0 Å². The van der Waals surface area contributed by atoms with E-state index in [-0.39, 0.29) is 17.8 Å². The fourth-order valence-corrected chi connectivity index (χ4v) is 4.87. The number of halogens is 1. The van der Waals surface area contributed by atoms with Gasteiger partial charge in [-0.05, 0) is 75.6 Å². The molecule has 0 saturated carbocycles. The molecule has 0 bridgehead atoms. The highest BCUT2D eigenvalue weighted by Crippen LogP contribution is 2.47. The van der Waals surface area contributed by atoms with Crippen molar-refractivity contribution < 1.29 is 18.7 Å². The number of rotatable bonds is 4. The van der Waals surface area contributed by atoms with Gasteiger partial charge in [-0.2, -0.15) is 0 Å². The molecule has 2 aromatic rings. The molecule has 2 atom stereocenters. The third-order valence-electron chi connectivity index (χ3n) is 6.45. The molecule has 2 aliphatic rings. The molecule has 0 radical (unpaired) electrons. The standard InChI is InChI=1S/C26H31FN2O3/c1-25(2,3)32-24(31)29-22(14-15-26(29)16-17-28-23(26)30)20-12-9-18(10-13-20)8-11-19-6-4-5-7-21(19)27/h4-7,9-10,12-13,22H,8,11,14-17H2,1-3H3,(H,28,30)/t22-,26-/m1/s1. The molecule has 32 heavy (non-hydrogen) atoms. The van der Waals surface area contributed by atoms with Crippen LogP contribution in [0.1, 0.15) is 62.8 Å². The van der Waals surface area contributed by atoms with Gasteiger partial charge in [0.05, 0.1) is 6.04 Å². The second-order valence-corrected chi connectivity index (χ2v) is 9.78. The van der Waals surface area contributed by atoms with Crippen molar-refractivity contribution in [1.82, 2.24) is 10.2 Å². The normalized spacial score (nSPS) is 22.9. The monoisotopic (exact) mass is 438 g/mol. The third kappa shape index (κ3) is 4.36. The van der Waals surface area contributed by atoms with Crippen LogP contribution in [0.25, 0.3) is 0 Å². The first-order chi connectivity index (χ1) is 15.2. The maximum atomic E-state index is 13.9. The maximum absolute atomic E-state index is 13.9. The van der Waals surface area contributed by atoms with Gasteiger partial charge in [-0.3, -0.25) is 9.69 Å². The SMILES string of the molecule is CC(C)(C)OC(=O)N1[C@@H](c2ccc(CCc3ccccc3F)cc2)CC[C@]12CCNC2=O. The molecule has 170 valence electrons. The van der Waals surface area contributed by atoms with Gasteiger partial charge in [0.1, 0.15) is 17.0 Å². The predicted molar refractivity (Wildman–Crippen MR) is 121 cm³/mol. The van der Waals surface area contributed by atoms with E-state index in [0.29, 0.717) is 37.8 Å². The summed E-state index contributed by atoms with van der Waals surface area (Å²) < 4.78 is 19.6. The summed E-state index contributed by atoms with van der Waals surface area (Å²) in [5, 5.41) is 2.90. The van der Waals surface area contributed by atoms with Crippen molar-refractivity contribution in [2.75, 3.05) is 6.54 Å². The number of carbonyl (C=O) groups excluding carboxylic acids is 2. The molecule has 1 spiro atoms. The fourth-order valence-electron chi connectivity index (χ4n) is 4.87. The Morgan fingerprint density at radius 3 is 2.47 bits per heavy atom. The van der Waals surface area contributed by atoms with Crippen LogP contribution in [0.4, 0.5) is 9.18 Å². The summed E-state index contributed by atoms with van der Waals surface area (Å²) in [6.07, 6.45) is 2.85. The number of nitrogens with zero attached hydrogens (tertiary/aromatic N) is 1. The summed E-state index contributed by atoms with van der Waals surface area (Å²) in [5.41, 5.74) is 1.32. The van der Waals surface area contributed by atoms with Crippen molar-refractivity contribution in [3.05, 3.63) is 71.0 Å². The molecule has 1 N–H and O–H groups in total. The number of ether oxygens (including phenoxy) is 1. The lowest BCUT2D eigenvalue weighted by Crippen LogP contribution is -2.54. The Labute approximate surface area is 188 Å². The van der Waals surface area contributed by atoms with Crippen LogP contribution in [0.3, 0.4) is 0 Å². The fraction of sp³-hybridized carbons (Fsp3) is 0.462. The van der Waals surface area contributed by atoms with Gasteiger partial charge in [0.15, 0.2) is 0 Å². The van der Waals surface area contributed by atoms with Gasteiger partial charge in [-0.25, -0.2) is 9.18 Å². The van der Waals surface area contributed by atoms with Crippen LogP contribution in [0.5, 0.6) is 0 Å². The number of amides is 2. The van der Waals surface area contributed by atoms with E-state index in [0.717, 1.165) is 17.5 Å². The Balaban J connectivity index is 1.54. The number of hydrogen-bond acceptors (Lipinski definition) is 3. The van der Waals surface area contributed by atoms with Gasteiger partial charge in [0.2, 0.25) is 5.91 Å². The van der Waals surface area contributed by atoms with Gasteiger partial charge in [0.25, 0.3) is 0 Å². The predicted octanol–water partition coefficient (Wildman–Crippen LogP) is 4.94. The molecule has 2 heterocycles. The number of hydrogen-bond donors (Lipinski definition) is 1. The number of benzene rings is 2. The number of carbonyl (C=O) groups is 2. The molecule has 0 unspecified atom stereocenters. The van der Waals surface area contributed by atoms with Gasteiger partial charge in [-0.1, -0.05) is 42.5 Å². The molecule has 4 rings (SSSR count). The first-order valence-electron chi connectivity index (χ1n) is 11.3. The Kier molecular flexibility index (Phi) is 5.97. The van der Waals surface area contributed by atoms with E-state index in [9.17, 15) is 14.0 Å². The van der Waals surface area contributed by atoms with E-state index in [1.165, 1.54) is 6.07 Å². The van der Waals surface area contributed by atoms with Crippen molar-refractivity contribution >= 4 is 12.0 Å². The lowest BCUT2D eigenvalue weighted by atomic mass is 9.94. The molecule has 6 heteroatoms. The molecule has 2 aromatic carbocycles. The molecule has 2 aliphatic heterocycles. The number of nitrogens with one attached hydrogen (secondary N) is 1. The molecule has 2 amide bonds. The largest absolute Gasteiger partial charge is 0.444 e. The zero-order chi connectivity index (χ0) is 22.9. The van der Waals surface area contributed by atoms with Crippen molar-refractivity contribution in [3.8, 4) is 0 Å². The van der Waals surface area contributed by atoms with Crippen molar-refractivity contribution in [2.24, 2.45) is 0 Å². The maximum Gasteiger partial charge on any atom is 0.411 e. The topological polar surface area (TPSA) is 58.6 Å². The van der Waals surface area contributed by atoms with Gasteiger partial charge < -0.3 is 10.1 Å². The van der Waals surface area contributed by atoms with Gasteiger partial charge >= 0.3 is 6.09 Å². The van der Waals surface area contributed by atoms with E-state index >= 15 is 0 Å². The summed E-state index contributed by atoms with van der Waals surface area (Å²) in [4.78, 5) is 27.6. The minimum Gasteiger partial charge on any atom is -0.444 e. The molecule has 2 saturated heterocycles. The highest BCUT2D eigenvalue weighted by Gasteiger charge is 2.57. The minimum absolute atomic E-state index is 0.0904. The average Bonchev–Trinajstić information content (AvgIpc) is 3.30. The first-order valence-corrected chi connectivity index (χ1v) is 11.3. The smallest absolute Gasteiger partial charge is 0.411 e. The number of likely N-dealkylation sites (tertiary alicyclic amines) is 1. The first kappa shape index (κ1) is 22.3. The minimum atomic E-state index is -0.837. The quantitative estimate of drug-likeness (QED) is 0.736. The Morgan fingerprint density at radius 1 is 1.12 bits per heavy atom. The molecular formula is C26H31FN2O3. The molecule has 5 nitrogen and oxygen atoms in total. The van der Waals surface area contributed by atoms with Crippen LogP contribution < -0.4 is 5.32 Å². The second kappa shape index (κ2) is 8.57. The average molecular weight is 439 g/mol. The van der Waals surface area contributed by atoms with Crippen LogP contribution in [-0.2, 0) is 22.4 Å². The van der Waals surface area contributed by atoms with Crippen LogP contribution in [0.15, 0.2) is 48.5 Å². The van der Waals surface area contributed by atoms with Gasteiger partial charge in [-0.15, -0.1) is 0 Å². The van der Waals surface area contributed by atoms with E-state index in [2.05, 4.69) is 5.32 Å². The van der Waals surface area contributed by atoms with E-state index < -0.39 is 17.2 Å². The van der Waals surface area contributed by atoms with E-state index in [1.54, 1.807) is 11.0 Å². The molecule has 0 aromatic heterocycles. The second-order valence-electron chi connectivity index (χ2n) is 9.78. The summed E-state index contributed by atoms with van der Waals surface area (Å²) in [7, 11) is 0. The lowest BCUT2D eigenvalue weighted by Gasteiger charge is -2.37. The number of aryl methyl sites for hydroxylation is 2. The molecular weight excluding hydrogens is 407 g/mol.